The second kappa shape index (κ2) is 7.43. The van der Waals surface area contributed by atoms with Crippen molar-refractivity contribution >= 4 is 28.8 Å². The van der Waals surface area contributed by atoms with Crippen molar-refractivity contribution in [1.82, 2.24) is 5.16 Å². The number of hydrazone groups is 1. The van der Waals surface area contributed by atoms with E-state index in [1.807, 2.05) is 30.3 Å². The number of ketones is 1. The average molecular weight is 351 g/mol. The van der Waals surface area contributed by atoms with Crippen molar-refractivity contribution in [3.05, 3.63) is 71.4 Å². The quantitative estimate of drug-likeness (QED) is 0.423. The van der Waals surface area contributed by atoms with Gasteiger partial charge in [-0.2, -0.15) is 10.4 Å². The Hall–Kier alpha value is -3.43. The molecule has 1 N–H and O–H groups in total. The predicted molar refractivity (Wildman–Crippen MR) is 94.4 cm³/mol. The molecule has 3 rings (SSSR count). The fraction of sp³-hybridized carbons (Fsp3) is 0. The molecule has 122 valence electrons. The van der Waals surface area contributed by atoms with Gasteiger partial charge in [0.25, 0.3) is 0 Å². The molecule has 25 heavy (non-hydrogen) atoms. The van der Waals surface area contributed by atoms with Gasteiger partial charge in [-0.1, -0.05) is 53.2 Å². The third-order valence-corrected chi connectivity index (χ3v) is 3.48. The van der Waals surface area contributed by atoms with Crippen molar-refractivity contribution < 1.29 is 9.32 Å². The second-order valence-electron chi connectivity index (χ2n) is 4.97. The summed E-state index contributed by atoms with van der Waals surface area (Å²) in [6.45, 7) is 0. The Bertz CT molecular complexity index is 974. The Kier molecular flexibility index (Phi) is 4.88. The molecule has 0 aliphatic heterocycles. The molecule has 0 saturated heterocycles. The van der Waals surface area contributed by atoms with Gasteiger partial charge in [0.05, 0.1) is 5.69 Å². The Morgan fingerprint density at radius 3 is 2.68 bits per heavy atom. The molecule has 0 aliphatic carbocycles. The highest BCUT2D eigenvalue weighted by Gasteiger charge is 2.19. The first-order chi connectivity index (χ1) is 12.2. The van der Waals surface area contributed by atoms with Crippen LogP contribution in [0.1, 0.15) is 10.5 Å². The molecular formula is C18H11ClN4O2. The monoisotopic (exact) mass is 350 g/mol. The topological polar surface area (TPSA) is 91.3 Å². The van der Waals surface area contributed by atoms with E-state index in [0.717, 1.165) is 5.56 Å². The van der Waals surface area contributed by atoms with E-state index >= 15 is 0 Å². The van der Waals surface area contributed by atoms with Crippen LogP contribution in [0.2, 0.25) is 5.02 Å². The summed E-state index contributed by atoms with van der Waals surface area (Å²) in [7, 11) is 0. The van der Waals surface area contributed by atoms with Crippen molar-refractivity contribution in [3.8, 4) is 17.4 Å². The zero-order valence-corrected chi connectivity index (χ0v) is 13.6. The van der Waals surface area contributed by atoms with Crippen LogP contribution in [0.15, 0.2) is 70.3 Å². The number of nitrogens with zero attached hydrogens (tertiary/aromatic N) is 3. The standard InChI is InChI=1S/C18H11ClN4O2/c19-13-7-4-8-14(9-13)21-22-16(11-20)18(24)15-10-17(25-23-15)12-5-2-1-3-6-12/h1-10,21H/b22-16+. The SMILES string of the molecule is N#C/C(=N\Nc1cccc(Cl)c1)C(=O)c1cc(-c2ccccc2)on1. The number of carbonyl (C=O) groups is 1. The minimum absolute atomic E-state index is 0.00653. The van der Waals surface area contributed by atoms with Gasteiger partial charge in [-0.25, -0.2) is 0 Å². The maximum Gasteiger partial charge on any atom is 0.245 e. The maximum atomic E-state index is 12.4. The molecule has 3 aromatic rings. The number of aromatic nitrogens is 1. The van der Waals surface area contributed by atoms with Gasteiger partial charge in [-0.15, -0.1) is 0 Å². The summed E-state index contributed by atoms with van der Waals surface area (Å²) in [4.78, 5) is 12.4. The number of hydrogen-bond acceptors (Lipinski definition) is 6. The molecule has 1 aromatic heterocycles. The number of benzene rings is 2. The lowest BCUT2D eigenvalue weighted by atomic mass is 10.1. The molecule has 0 radical (unpaired) electrons. The lowest BCUT2D eigenvalue weighted by molar-refractivity contribution is 0.105. The number of rotatable bonds is 5. The summed E-state index contributed by atoms with van der Waals surface area (Å²) < 4.78 is 5.17. The molecule has 0 bridgehead atoms. The third-order valence-electron chi connectivity index (χ3n) is 3.24. The molecule has 6 nitrogen and oxygen atoms in total. The summed E-state index contributed by atoms with van der Waals surface area (Å²) >= 11 is 5.87. The van der Waals surface area contributed by atoms with Crippen LogP contribution >= 0.6 is 11.6 Å². The summed E-state index contributed by atoms with van der Waals surface area (Å²) in [5.41, 5.74) is 3.63. The molecule has 0 spiro atoms. The van der Waals surface area contributed by atoms with E-state index < -0.39 is 5.78 Å². The molecule has 2 aromatic carbocycles. The average Bonchev–Trinajstić information content (AvgIpc) is 3.13. The minimum Gasteiger partial charge on any atom is -0.356 e. The molecule has 0 unspecified atom stereocenters. The second-order valence-corrected chi connectivity index (χ2v) is 5.40. The zero-order valence-electron chi connectivity index (χ0n) is 12.8. The van der Waals surface area contributed by atoms with Crippen LogP contribution in [-0.2, 0) is 0 Å². The first-order valence-corrected chi connectivity index (χ1v) is 7.61. The van der Waals surface area contributed by atoms with Crippen molar-refractivity contribution in [2.24, 2.45) is 5.10 Å². The number of Topliss-reactive ketones (excluding diaryl/α,β-unsaturated/α-hetero) is 1. The third kappa shape index (κ3) is 3.91. The van der Waals surface area contributed by atoms with Crippen LogP contribution in [0, 0.1) is 11.3 Å². The van der Waals surface area contributed by atoms with Crippen molar-refractivity contribution in [2.75, 3.05) is 5.43 Å². The van der Waals surface area contributed by atoms with Gasteiger partial charge in [0.1, 0.15) is 6.07 Å². The van der Waals surface area contributed by atoms with E-state index in [2.05, 4.69) is 15.7 Å². The Morgan fingerprint density at radius 2 is 1.96 bits per heavy atom. The molecule has 0 saturated carbocycles. The zero-order chi connectivity index (χ0) is 17.6. The highest BCUT2D eigenvalue weighted by Crippen LogP contribution is 2.20. The largest absolute Gasteiger partial charge is 0.356 e. The van der Waals surface area contributed by atoms with Crippen LogP contribution in [-0.4, -0.2) is 16.7 Å². The van der Waals surface area contributed by atoms with E-state index in [0.29, 0.717) is 16.5 Å². The summed E-state index contributed by atoms with van der Waals surface area (Å²) in [6.07, 6.45) is 0. The highest BCUT2D eigenvalue weighted by molar-refractivity contribution is 6.51. The number of anilines is 1. The number of nitrogens with one attached hydrogen (secondary N) is 1. The van der Waals surface area contributed by atoms with Gasteiger partial charge in [0, 0.05) is 16.7 Å². The molecule has 1 heterocycles. The molecule has 0 aliphatic rings. The molecular weight excluding hydrogens is 340 g/mol. The van der Waals surface area contributed by atoms with Gasteiger partial charge >= 0.3 is 0 Å². The van der Waals surface area contributed by atoms with E-state index in [4.69, 9.17) is 16.1 Å². The van der Waals surface area contributed by atoms with Gasteiger partial charge in [0.2, 0.25) is 11.5 Å². The van der Waals surface area contributed by atoms with E-state index in [1.54, 1.807) is 30.3 Å². The Balaban J connectivity index is 1.80. The lowest BCUT2D eigenvalue weighted by Crippen LogP contribution is -2.14. The summed E-state index contributed by atoms with van der Waals surface area (Å²) in [5.74, 6) is -0.202. The Morgan fingerprint density at radius 1 is 1.16 bits per heavy atom. The summed E-state index contributed by atoms with van der Waals surface area (Å²) in [6, 6.07) is 19.2. The van der Waals surface area contributed by atoms with E-state index in [9.17, 15) is 10.1 Å². The number of hydrogen-bond donors (Lipinski definition) is 1. The smallest absolute Gasteiger partial charge is 0.245 e. The van der Waals surface area contributed by atoms with Crippen LogP contribution in [0.5, 0.6) is 0 Å². The van der Waals surface area contributed by atoms with E-state index in [-0.39, 0.29) is 11.4 Å². The maximum absolute atomic E-state index is 12.4. The Labute approximate surface area is 148 Å². The van der Waals surface area contributed by atoms with E-state index in [1.165, 1.54) is 6.07 Å². The normalized spacial score (nSPS) is 11.0. The van der Waals surface area contributed by atoms with Gasteiger partial charge < -0.3 is 4.52 Å². The first-order valence-electron chi connectivity index (χ1n) is 7.23. The predicted octanol–water partition coefficient (Wildman–Crippen LogP) is 4.17. The van der Waals surface area contributed by atoms with Crippen LogP contribution < -0.4 is 5.43 Å². The van der Waals surface area contributed by atoms with Crippen molar-refractivity contribution in [1.29, 1.82) is 5.26 Å². The molecule has 0 fully saturated rings. The molecule has 0 amide bonds. The minimum atomic E-state index is -0.636. The highest BCUT2D eigenvalue weighted by atomic mass is 35.5. The number of nitriles is 1. The lowest BCUT2D eigenvalue weighted by Gasteiger charge is -2.00. The van der Waals surface area contributed by atoms with Crippen LogP contribution in [0.4, 0.5) is 5.69 Å². The number of halogens is 1. The van der Waals surface area contributed by atoms with Crippen LogP contribution in [0.25, 0.3) is 11.3 Å². The molecule has 7 heteroatoms. The fourth-order valence-electron chi connectivity index (χ4n) is 2.05. The first kappa shape index (κ1) is 16.4. The molecule has 0 atom stereocenters. The number of carbonyl (C=O) groups excluding carboxylic acids is 1. The van der Waals surface area contributed by atoms with Gasteiger partial charge in [0.15, 0.2) is 11.5 Å². The fourth-order valence-corrected chi connectivity index (χ4v) is 2.24. The van der Waals surface area contributed by atoms with Crippen LogP contribution in [0.3, 0.4) is 0 Å². The van der Waals surface area contributed by atoms with Crippen molar-refractivity contribution in [3.63, 3.8) is 0 Å². The van der Waals surface area contributed by atoms with Gasteiger partial charge in [-0.05, 0) is 18.2 Å². The summed E-state index contributed by atoms with van der Waals surface area (Å²) in [5, 5.41) is 17.2. The van der Waals surface area contributed by atoms with Gasteiger partial charge in [-0.3, -0.25) is 10.2 Å². The van der Waals surface area contributed by atoms with Crippen molar-refractivity contribution in [2.45, 2.75) is 0 Å².